The summed E-state index contributed by atoms with van der Waals surface area (Å²) in [7, 11) is 0. The molecule has 0 saturated carbocycles. The number of aryl methyl sites for hydroxylation is 1. The first-order valence-electron chi connectivity index (χ1n) is 12.2. The predicted molar refractivity (Wildman–Crippen MR) is 125 cm³/mol. The Morgan fingerprint density at radius 3 is 2.75 bits per heavy atom. The summed E-state index contributed by atoms with van der Waals surface area (Å²) in [6.07, 6.45) is 5.47. The van der Waals surface area contributed by atoms with E-state index in [-0.39, 0.29) is 11.8 Å². The van der Waals surface area contributed by atoms with Gasteiger partial charge in [-0.1, -0.05) is 36.3 Å². The Morgan fingerprint density at radius 2 is 1.97 bits per heavy atom. The number of nitrogens with one attached hydrogen (secondary N) is 1. The molecule has 2 aliphatic rings. The Morgan fingerprint density at radius 1 is 1.16 bits per heavy atom. The van der Waals surface area contributed by atoms with Crippen LogP contribution in [-0.4, -0.2) is 65.1 Å². The van der Waals surface area contributed by atoms with E-state index in [2.05, 4.69) is 45.2 Å². The van der Waals surface area contributed by atoms with Crippen LogP contribution in [0.4, 0.5) is 0 Å². The van der Waals surface area contributed by atoms with Crippen LogP contribution < -0.4 is 5.32 Å². The zero-order valence-electron chi connectivity index (χ0n) is 19.6. The van der Waals surface area contributed by atoms with Crippen molar-refractivity contribution in [3.63, 3.8) is 0 Å². The summed E-state index contributed by atoms with van der Waals surface area (Å²) in [6.45, 7) is 11.1. The molecule has 2 saturated heterocycles. The van der Waals surface area contributed by atoms with Gasteiger partial charge in [0.2, 0.25) is 17.6 Å². The standard InChI is InChI=1S/C25H37N5O2/c1-19-7-5-13-29(17-19)14-6-12-26-25(31)21-10-15-30(16-11-21)18-23-27-24(28-32-23)22-9-4-3-8-20(22)2/h3-4,8-9,19,21H,5-7,10-18H2,1-2H3,(H,26,31). The lowest BCUT2D eigenvalue weighted by Crippen LogP contribution is -2.41. The van der Waals surface area contributed by atoms with E-state index in [1.807, 2.05) is 18.2 Å². The summed E-state index contributed by atoms with van der Waals surface area (Å²) in [5.74, 6) is 2.43. The monoisotopic (exact) mass is 439 g/mol. The van der Waals surface area contributed by atoms with Crippen LogP contribution in [0.15, 0.2) is 28.8 Å². The van der Waals surface area contributed by atoms with E-state index < -0.39 is 0 Å². The van der Waals surface area contributed by atoms with Gasteiger partial charge in [-0.3, -0.25) is 9.69 Å². The van der Waals surface area contributed by atoms with E-state index in [1.54, 1.807) is 0 Å². The number of amides is 1. The molecule has 1 atom stereocenters. The minimum Gasteiger partial charge on any atom is -0.356 e. The summed E-state index contributed by atoms with van der Waals surface area (Å²) in [5.41, 5.74) is 2.14. The lowest BCUT2D eigenvalue weighted by atomic mass is 9.96. The fraction of sp³-hybridized carbons (Fsp3) is 0.640. The summed E-state index contributed by atoms with van der Waals surface area (Å²) in [4.78, 5) is 22.0. The number of benzene rings is 1. The highest BCUT2D eigenvalue weighted by atomic mass is 16.5. The van der Waals surface area contributed by atoms with Gasteiger partial charge in [-0.25, -0.2) is 0 Å². The molecule has 0 spiro atoms. The van der Waals surface area contributed by atoms with Crippen LogP contribution in [0.3, 0.4) is 0 Å². The molecule has 174 valence electrons. The van der Waals surface area contributed by atoms with Crippen molar-refractivity contribution in [3.05, 3.63) is 35.7 Å². The van der Waals surface area contributed by atoms with Crippen molar-refractivity contribution in [3.8, 4) is 11.4 Å². The van der Waals surface area contributed by atoms with Crippen LogP contribution in [0.1, 0.15) is 50.5 Å². The van der Waals surface area contributed by atoms with E-state index in [1.165, 1.54) is 25.9 Å². The third-order valence-corrected chi connectivity index (χ3v) is 6.86. The molecule has 3 heterocycles. The number of hydrogen-bond acceptors (Lipinski definition) is 6. The second kappa shape index (κ2) is 11.1. The summed E-state index contributed by atoms with van der Waals surface area (Å²) < 4.78 is 5.49. The van der Waals surface area contributed by atoms with Crippen LogP contribution >= 0.6 is 0 Å². The number of carbonyl (C=O) groups excluding carboxylic acids is 1. The van der Waals surface area contributed by atoms with Crippen LogP contribution in [-0.2, 0) is 11.3 Å². The smallest absolute Gasteiger partial charge is 0.241 e. The molecule has 0 radical (unpaired) electrons. The number of carbonyl (C=O) groups is 1. The fourth-order valence-corrected chi connectivity index (χ4v) is 4.95. The van der Waals surface area contributed by atoms with Crippen LogP contribution in [0.25, 0.3) is 11.4 Å². The molecule has 1 N–H and O–H groups in total. The molecule has 4 rings (SSSR count). The van der Waals surface area contributed by atoms with Gasteiger partial charge in [0.05, 0.1) is 6.54 Å². The van der Waals surface area contributed by atoms with Crippen molar-refractivity contribution in [1.82, 2.24) is 25.3 Å². The van der Waals surface area contributed by atoms with Crippen molar-refractivity contribution in [2.45, 2.75) is 52.5 Å². The summed E-state index contributed by atoms with van der Waals surface area (Å²) in [6, 6.07) is 8.06. The van der Waals surface area contributed by atoms with Gasteiger partial charge in [0.1, 0.15) is 0 Å². The molecule has 0 aliphatic carbocycles. The van der Waals surface area contributed by atoms with Crippen molar-refractivity contribution < 1.29 is 9.32 Å². The van der Waals surface area contributed by atoms with E-state index in [9.17, 15) is 4.79 Å². The Kier molecular flexibility index (Phi) is 7.92. The van der Waals surface area contributed by atoms with Gasteiger partial charge in [0.15, 0.2) is 0 Å². The molecule has 32 heavy (non-hydrogen) atoms. The number of piperidine rings is 2. The molecular formula is C25H37N5O2. The zero-order chi connectivity index (χ0) is 22.3. The molecule has 2 aromatic rings. The maximum atomic E-state index is 12.6. The molecule has 7 heteroatoms. The van der Waals surface area contributed by atoms with Crippen LogP contribution in [0.5, 0.6) is 0 Å². The maximum Gasteiger partial charge on any atom is 0.241 e. The van der Waals surface area contributed by atoms with Crippen molar-refractivity contribution in [1.29, 1.82) is 0 Å². The van der Waals surface area contributed by atoms with E-state index in [0.717, 1.165) is 62.5 Å². The molecule has 1 aromatic carbocycles. The van der Waals surface area contributed by atoms with Gasteiger partial charge in [-0.05, 0) is 76.7 Å². The predicted octanol–water partition coefficient (Wildman–Crippen LogP) is 3.50. The fourth-order valence-electron chi connectivity index (χ4n) is 4.95. The second-order valence-electron chi connectivity index (χ2n) is 9.57. The molecule has 1 amide bonds. The van der Waals surface area contributed by atoms with E-state index >= 15 is 0 Å². The Balaban J connectivity index is 1.15. The summed E-state index contributed by atoms with van der Waals surface area (Å²) >= 11 is 0. The number of hydrogen-bond donors (Lipinski definition) is 1. The average Bonchev–Trinajstić information content (AvgIpc) is 3.25. The van der Waals surface area contributed by atoms with Crippen LogP contribution in [0.2, 0.25) is 0 Å². The lowest BCUT2D eigenvalue weighted by molar-refractivity contribution is -0.126. The molecule has 2 fully saturated rings. The number of rotatable bonds is 8. The summed E-state index contributed by atoms with van der Waals surface area (Å²) in [5, 5.41) is 7.32. The SMILES string of the molecule is Cc1ccccc1-c1noc(CN2CCC(C(=O)NCCCN3CCCC(C)C3)CC2)n1. The molecule has 2 aliphatic heterocycles. The molecule has 0 bridgehead atoms. The van der Waals surface area contributed by atoms with E-state index in [4.69, 9.17) is 4.52 Å². The quantitative estimate of drug-likeness (QED) is 0.635. The van der Waals surface area contributed by atoms with Gasteiger partial charge in [-0.2, -0.15) is 4.98 Å². The van der Waals surface area contributed by atoms with Gasteiger partial charge in [0, 0.05) is 24.6 Å². The van der Waals surface area contributed by atoms with Crippen molar-refractivity contribution >= 4 is 5.91 Å². The maximum absolute atomic E-state index is 12.6. The Hall–Kier alpha value is -2.25. The molecular weight excluding hydrogens is 402 g/mol. The Bertz CT molecular complexity index is 875. The normalized spacial score (nSPS) is 21.0. The number of nitrogens with zero attached hydrogens (tertiary/aromatic N) is 4. The minimum absolute atomic E-state index is 0.117. The molecule has 7 nitrogen and oxygen atoms in total. The highest BCUT2D eigenvalue weighted by Gasteiger charge is 2.26. The van der Waals surface area contributed by atoms with Gasteiger partial charge >= 0.3 is 0 Å². The minimum atomic E-state index is 0.117. The first-order chi connectivity index (χ1) is 15.6. The molecule has 1 unspecified atom stereocenters. The average molecular weight is 440 g/mol. The van der Waals surface area contributed by atoms with Gasteiger partial charge in [-0.15, -0.1) is 0 Å². The first kappa shape index (κ1) is 22.9. The van der Waals surface area contributed by atoms with Crippen LogP contribution in [0, 0.1) is 18.8 Å². The van der Waals surface area contributed by atoms with Gasteiger partial charge < -0.3 is 14.7 Å². The van der Waals surface area contributed by atoms with Crippen molar-refractivity contribution in [2.24, 2.45) is 11.8 Å². The van der Waals surface area contributed by atoms with Gasteiger partial charge in [0.25, 0.3) is 0 Å². The zero-order valence-corrected chi connectivity index (χ0v) is 19.6. The van der Waals surface area contributed by atoms with E-state index in [0.29, 0.717) is 18.3 Å². The number of likely N-dealkylation sites (tertiary alicyclic amines) is 2. The highest BCUT2D eigenvalue weighted by molar-refractivity contribution is 5.78. The van der Waals surface area contributed by atoms with Crippen molar-refractivity contribution in [2.75, 3.05) is 39.3 Å². The first-order valence-corrected chi connectivity index (χ1v) is 12.2. The largest absolute Gasteiger partial charge is 0.356 e. The third kappa shape index (κ3) is 6.17. The Labute approximate surface area is 191 Å². The molecule has 1 aromatic heterocycles. The third-order valence-electron chi connectivity index (χ3n) is 6.86. The topological polar surface area (TPSA) is 74.5 Å². The number of aromatic nitrogens is 2. The highest BCUT2D eigenvalue weighted by Crippen LogP contribution is 2.22. The second-order valence-corrected chi connectivity index (χ2v) is 9.57. The lowest BCUT2D eigenvalue weighted by Gasteiger charge is -2.31.